The molecule has 0 amide bonds. The molecule has 1 aromatic heterocycles. The number of carboxylic acid groups (broad SMARTS) is 1. The fourth-order valence-electron chi connectivity index (χ4n) is 3.68. The number of aliphatic carboxylic acids is 1. The maximum absolute atomic E-state index is 12.2. The number of carboxylic acids is 1. The molecule has 0 aromatic carbocycles. The van der Waals surface area contributed by atoms with Crippen LogP contribution in [0.3, 0.4) is 0 Å². The largest absolute Gasteiger partial charge is 0.480 e. The van der Waals surface area contributed by atoms with E-state index in [0.29, 0.717) is 6.61 Å². The van der Waals surface area contributed by atoms with Crippen LogP contribution in [0.25, 0.3) is 0 Å². The minimum absolute atomic E-state index is 0.0358. The highest BCUT2D eigenvalue weighted by atomic mass is 16.6. The Labute approximate surface area is 198 Å². The van der Waals surface area contributed by atoms with Gasteiger partial charge >= 0.3 is 5.97 Å². The average Bonchev–Trinajstić information content (AvgIpc) is 3.24. The van der Waals surface area contributed by atoms with E-state index in [9.17, 15) is 14.4 Å². The zero-order valence-electron chi connectivity index (χ0n) is 20.5. The predicted octanol–water partition coefficient (Wildman–Crippen LogP) is 7.17. The Morgan fingerprint density at radius 2 is 1.45 bits per heavy atom. The second kappa shape index (κ2) is 18.1. The first-order chi connectivity index (χ1) is 16.0. The standard InChI is InChI=1S/C27H42O6/c1-3-4-5-6-7-8-9-10-11-12-13-14-15-16-17-18-19-32-24-20-23(21-33-24)26(29)25(22(2)28)27(30)31/h10-11,20-21,25H,3-9,12-19H2,1-2H3,(H,30,31). The fraction of sp³-hybridized carbons (Fsp3) is 0.667. The van der Waals surface area contributed by atoms with Crippen LogP contribution in [0.5, 0.6) is 5.95 Å². The van der Waals surface area contributed by atoms with Crippen molar-refractivity contribution < 1.29 is 28.6 Å². The lowest BCUT2D eigenvalue weighted by atomic mass is 9.96. The summed E-state index contributed by atoms with van der Waals surface area (Å²) < 4.78 is 10.7. The number of ketones is 2. The number of furan rings is 1. The zero-order chi connectivity index (χ0) is 24.3. The van der Waals surface area contributed by atoms with E-state index in [-0.39, 0.29) is 11.5 Å². The van der Waals surface area contributed by atoms with Crippen molar-refractivity contribution in [2.75, 3.05) is 6.61 Å². The maximum Gasteiger partial charge on any atom is 0.322 e. The molecule has 6 nitrogen and oxygen atoms in total. The number of allylic oxidation sites excluding steroid dienone is 2. The van der Waals surface area contributed by atoms with Crippen LogP contribution in [0, 0.1) is 5.92 Å². The van der Waals surface area contributed by atoms with Crippen LogP contribution in [-0.2, 0) is 9.59 Å². The summed E-state index contributed by atoms with van der Waals surface area (Å²) in [5, 5.41) is 9.04. The van der Waals surface area contributed by atoms with Gasteiger partial charge in [0, 0.05) is 6.07 Å². The molecule has 0 fully saturated rings. The highest BCUT2D eigenvalue weighted by molar-refractivity contribution is 6.21. The molecule has 6 heteroatoms. The van der Waals surface area contributed by atoms with Crippen molar-refractivity contribution in [2.45, 2.75) is 104 Å². The first kappa shape index (κ1) is 28.7. The molecule has 0 saturated carbocycles. The molecule has 1 atom stereocenters. The summed E-state index contributed by atoms with van der Waals surface area (Å²) >= 11 is 0. The third-order valence-corrected chi connectivity index (χ3v) is 5.68. The van der Waals surface area contributed by atoms with Crippen molar-refractivity contribution in [3.63, 3.8) is 0 Å². The molecule has 0 saturated heterocycles. The molecule has 1 aromatic rings. The normalized spacial score (nSPS) is 12.2. The van der Waals surface area contributed by atoms with Crippen molar-refractivity contribution in [1.29, 1.82) is 0 Å². The highest BCUT2D eigenvalue weighted by Crippen LogP contribution is 2.20. The van der Waals surface area contributed by atoms with Gasteiger partial charge in [0.25, 0.3) is 5.95 Å². The molecule has 33 heavy (non-hydrogen) atoms. The minimum Gasteiger partial charge on any atom is -0.480 e. The number of hydrogen-bond donors (Lipinski definition) is 1. The number of carbonyl (C=O) groups is 3. The van der Waals surface area contributed by atoms with Gasteiger partial charge in [-0.25, -0.2) is 0 Å². The molecular formula is C27H42O6. The van der Waals surface area contributed by atoms with Gasteiger partial charge in [-0.15, -0.1) is 0 Å². The van der Waals surface area contributed by atoms with E-state index in [1.165, 1.54) is 76.7 Å². The van der Waals surface area contributed by atoms with Crippen molar-refractivity contribution in [1.82, 2.24) is 0 Å². The van der Waals surface area contributed by atoms with Crippen molar-refractivity contribution >= 4 is 17.5 Å². The van der Waals surface area contributed by atoms with Gasteiger partial charge in [0.2, 0.25) is 0 Å². The van der Waals surface area contributed by atoms with Crippen LogP contribution in [0.1, 0.15) is 114 Å². The first-order valence-electron chi connectivity index (χ1n) is 12.6. The quantitative estimate of drug-likeness (QED) is 0.0901. The van der Waals surface area contributed by atoms with Crippen LogP contribution in [0.15, 0.2) is 28.9 Å². The maximum atomic E-state index is 12.2. The van der Waals surface area contributed by atoms with E-state index in [2.05, 4.69) is 19.1 Å². The lowest BCUT2D eigenvalue weighted by Gasteiger charge is -2.05. The summed E-state index contributed by atoms with van der Waals surface area (Å²) in [5.41, 5.74) is 0.0358. The Kier molecular flexibility index (Phi) is 15.7. The number of rotatable bonds is 21. The first-order valence-corrected chi connectivity index (χ1v) is 12.6. The van der Waals surface area contributed by atoms with Crippen molar-refractivity contribution in [2.24, 2.45) is 5.92 Å². The predicted molar refractivity (Wildman–Crippen MR) is 130 cm³/mol. The monoisotopic (exact) mass is 462 g/mol. The molecule has 0 radical (unpaired) electrons. The van der Waals surface area contributed by atoms with Gasteiger partial charge in [-0.2, -0.15) is 0 Å². The van der Waals surface area contributed by atoms with Gasteiger partial charge in [-0.1, -0.05) is 76.9 Å². The summed E-state index contributed by atoms with van der Waals surface area (Å²) in [5.74, 6) is -4.49. The van der Waals surface area contributed by atoms with Crippen LogP contribution < -0.4 is 4.74 Å². The van der Waals surface area contributed by atoms with Crippen molar-refractivity contribution in [3.05, 3.63) is 30.0 Å². The molecule has 0 spiro atoms. The molecule has 0 aliphatic rings. The van der Waals surface area contributed by atoms with E-state index >= 15 is 0 Å². The molecule has 1 heterocycles. The number of ether oxygens (including phenoxy) is 1. The second-order valence-electron chi connectivity index (χ2n) is 8.69. The Morgan fingerprint density at radius 3 is 2.00 bits per heavy atom. The fourth-order valence-corrected chi connectivity index (χ4v) is 3.68. The molecular weight excluding hydrogens is 420 g/mol. The van der Waals surface area contributed by atoms with E-state index in [1.54, 1.807) is 0 Å². The molecule has 1 rings (SSSR count). The summed E-state index contributed by atoms with van der Waals surface area (Å²) in [6, 6.07) is 1.35. The zero-order valence-corrected chi connectivity index (χ0v) is 20.5. The van der Waals surface area contributed by atoms with Crippen LogP contribution in [-0.4, -0.2) is 29.2 Å². The molecule has 0 bridgehead atoms. The average molecular weight is 463 g/mol. The van der Waals surface area contributed by atoms with E-state index in [0.717, 1.165) is 32.4 Å². The van der Waals surface area contributed by atoms with Gasteiger partial charge < -0.3 is 14.3 Å². The topological polar surface area (TPSA) is 93.8 Å². The van der Waals surface area contributed by atoms with Gasteiger partial charge in [0.1, 0.15) is 6.26 Å². The SMILES string of the molecule is CCCCCCCCC=CCCCCCCCCOc1cc(C(=O)C(C(C)=O)C(=O)O)co1. The van der Waals surface area contributed by atoms with Gasteiger partial charge in [0.05, 0.1) is 12.2 Å². The number of carbonyl (C=O) groups excluding carboxylic acids is 2. The van der Waals surface area contributed by atoms with Gasteiger partial charge in [-0.3, -0.25) is 14.4 Å². The third kappa shape index (κ3) is 13.1. The number of unbranched alkanes of at least 4 members (excludes halogenated alkanes) is 12. The Bertz CT molecular complexity index is 704. The van der Waals surface area contributed by atoms with Gasteiger partial charge in [0.15, 0.2) is 17.5 Å². The summed E-state index contributed by atoms with van der Waals surface area (Å²) in [6.07, 6.45) is 23.1. The number of Topliss-reactive ketones (excluding diaryl/α,β-unsaturated/α-hetero) is 2. The van der Waals surface area contributed by atoms with Crippen LogP contribution in [0.2, 0.25) is 0 Å². The molecule has 186 valence electrons. The molecule has 1 unspecified atom stereocenters. The lowest BCUT2D eigenvalue weighted by Crippen LogP contribution is -2.29. The highest BCUT2D eigenvalue weighted by Gasteiger charge is 2.32. The van der Waals surface area contributed by atoms with Crippen molar-refractivity contribution in [3.8, 4) is 5.95 Å². The Balaban J connectivity index is 2.02. The van der Waals surface area contributed by atoms with Crippen LogP contribution in [0.4, 0.5) is 0 Å². The van der Waals surface area contributed by atoms with E-state index in [4.69, 9.17) is 14.3 Å². The third-order valence-electron chi connectivity index (χ3n) is 5.68. The Hall–Kier alpha value is -2.37. The molecule has 0 aliphatic carbocycles. The smallest absolute Gasteiger partial charge is 0.322 e. The second-order valence-corrected chi connectivity index (χ2v) is 8.69. The van der Waals surface area contributed by atoms with E-state index < -0.39 is 23.5 Å². The van der Waals surface area contributed by atoms with E-state index in [1.807, 2.05) is 0 Å². The summed E-state index contributed by atoms with van der Waals surface area (Å²) in [6.45, 7) is 3.81. The molecule has 0 aliphatic heterocycles. The molecule has 1 N–H and O–H groups in total. The lowest BCUT2D eigenvalue weighted by molar-refractivity contribution is -0.143. The Morgan fingerprint density at radius 1 is 0.909 bits per heavy atom. The minimum atomic E-state index is -1.70. The summed E-state index contributed by atoms with van der Waals surface area (Å²) in [7, 11) is 0. The summed E-state index contributed by atoms with van der Waals surface area (Å²) in [4.78, 5) is 34.6. The van der Waals surface area contributed by atoms with Gasteiger partial charge in [-0.05, 0) is 39.0 Å². The van der Waals surface area contributed by atoms with Crippen LogP contribution >= 0.6 is 0 Å². The number of hydrogen-bond acceptors (Lipinski definition) is 5.